The van der Waals surface area contributed by atoms with Crippen LogP contribution in [0.5, 0.6) is 0 Å². The highest BCUT2D eigenvalue weighted by Crippen LogP contribution is 2.30. The van der Waals surface area contributed by atoms with Crippen LogP contribution in [0.15, 0.2) is 48.5 Å². The maximum absolute atomic E-state index is 12.3. The molecule has 0 unspecified atom stereocenters. The highest BCUT2D eigenvalue weighted by Gasteiger charge is 2.39. The molecule has 1 atom stereocenters. The summed E-state index contributed by atoms with van der Waals surface area (Å²) in [5, 5.41) is 5.21. The van der Waals surface area contributed by atoms with Crippen molar-refractivity contribution in [1.82, 2.24) is 9.88 Å². The molecule has 1 saturated heterocycles. The van der Waals surface area contributed by atoms with Crippen molar-refractivity contribution in [3.05, 3.63) is 54.1 Å². The lowest BCUT2D eigenvalue weighted by Crippen LogP contribution is -2.46. The van der Waals surface area contributed by atoms with Crippen LogP contribution in [0, 0.1) is 0 Å². The summed E-state index contributed by atoms with van der Waals surface area (Å²) < 4.78 is 25.7. The van der Waals surface area contributed by atoms with Crippen molar-refractivity contribution in [3.63, 3.8) is 0 Å². The van der Waals surface area contributed by atoms with Crippen LogP contribution in [-0.4, -0.2) is 35.9 Å². The zero-order valence-corrected chi connectivity index (χ0v) is 16.9. The molecule has 1 amide bonds. The second-order valence-corrected chi connectivity index (χ2v) is 9.95. The van der Waals surface area contributed by atoms with Crippen molar-refractivity contribution < 1.29 is 13.2 Å². The van der Waals surface area contributed by atoms with Gasteiger partial charge in [0.2, 0.25) is 5.91 Å². The van der Waals surface area contributed by atoms with Crippen LogP contribution in [0.2, 0.25) is 0 Å². The Morgan fingerprint density at radius 3 is 2.64 bits per heavy atom. The number of hydrogen-bond donors (Lipinski definition) is 1. The number of para-hydroxylation sites is 1. The topological polar surface area (TPSA) is 68.2 Å². The van der Waals surface area contributed by atoms with Gasteiger partial charge in [0, 0.05) is 34.4 Å². The SMILES string of the molecule is CCn1c2ccccc2c2cc(/C=C\C(=O)N[C@]3(C)CCS(=O)(=O)C3)ccc21. The van der Waals surface area contributed by atoms with Gasteiger partial charge in [0.05, 0.1) is 17.0 Å². The maximum atomic E-state index is 12.3. The fraction of sp³-hybridized carbons (Fsp3) is 0.318. The minimum absolute atomic E-state index is 0.00205. The van der Waals surface area contributed by atoms with Crippen molar-refractivity contribution in [1.29, 1.82) is 0 Å². The van der Waals surface area contributed by atoms with Gasteiger partial charge in [-0.05, 0) is 50.1 Å². The lowest BCUT2D eigenvalue weighted by atomic mass is 10.0. The summed E-state index contributed by atoms with van der Waals surface area (Å²) in [6.07, 6.45) is 3.72. The Morgan fingerprint density at radius 1 is 1.18 bits per heavy atom. The number of carbonyl (C=O) groups is 1. The Bertz CT molecular complexity index is 1210. The quantitative estimate of drug-likeness (QED) is 0.686. The zero-order valence-electron chi connectivity index (χ0n) is 16.1. The molecule has 2 heterocycles. The van der Waals surface area contributed by atoms with Crippen LogP contribution in [0.3, 0.4) is 0 Å². The van der Waals surface area contributed by atoms with Gasteiger partial charge in [0.25, 0.3) is 0 Å². The monoisotopic (exact) mass is 396 g/mol. The van der Waals surface area contributed by atoms with E-state index in [1.54, 1.807) is 13.0 Å². The van der Waals surface area contributed by atoms with Crippen molar-refractivity contribution in [2.45, 2.75) is 32.4 Å². The molecular weight excluding hydrogens is 372 g/mol. The normalized spacial score (nSPS) is 21.6. The van der Waals surface area contributed by atoms with Gasteiger partial charge < -0.3 is 9.88 Å². The van der Waals surface area contributed by atoms with Gasteiger partial charge in [-0.1, -0.05) is 24.3 Å². The third kappa shape index (κ3) is 3.44. The van der Waals surface area contributed by atoms with E-state index in [9.17, 15) is 13.2 Å². The largest absolute Gasteiger partial charge is 0.346 e. The molecule has 3 aromatic rings. The van der Waals surface area contributed by atoms with Crippen LogP contribution in [0.4, 0.5) is 0 Å². The number of fused-ring (bicyclic) bond motifs is 3. The van der Waals surface area contributed by atoms with Gasteiger partial charge in [0.1, 0.15) is 0 Å². The van der Waals surface area contributed by atoms with Gasteiger partial charge in [-0.25, -0.2) is 8.42 Å². The Kier molecular flexibility index (Phi) is 4.54. The third-order valence-electron chi connectivity index (χ3n) is 5.47. The van der Waals surface area contributed by atoms with Gasteiger partial charge in [-0.15, -0.1) is 0 Å². The second kappa shape index (κ2) is 6.78. The molecule has 1 aliphatic rings. The highest BCUT2D eigenvalue weighted by atomic mass is 32.2. The Morgan fingerprint density at radius 2 is 1.93 bits per heavy atom. The van der Waals surface area contributed by atoms with E-state index in [1.807, 2.05) is 18.2 Å². The summed E-state index contributed by atoms with van der Waals surface area (Å²) in [6.45, 7) is 4.81. The summed E-state index contributed by atoms with van der Waals surface area (Å²) in [5.41, 5.74) is 2.63. The number of aryl methyl sites for hydroxylation is 1. The molecule has 4 rings (SSSR count). The van der Waals surface area contributed by atoms with E-state index in [0.29, 0.717) is 6.42 Å². The molecule has 5 nitrogen and oxygen atoms in total. The lowest BCUT2D eigenvalue weighted by molar-refractivity contribution is -0.117. The minimum Gasteiger partial charge on any atom is -0.346 e. The van der Waals surface area contributed by atoms with Crippen LogP contribution in [-0.2, 0) is 21.2 Å². The number of carbonyl (C=O) groups excluding carboxylic acids is 1. The van der Waals surface area contributed by atoms with Gasteiger partial charge >= 0.3 is 0 Å². The van der Waals surface area contributed by atoms with Gasteiger partial charge in [-0.3, -0.25) is 4.79 Å². The van der Waals surface area contributed by atoms with E-state index in [2.05, 4.69) is 41.1 Å². The number of nitrogens with one attached hydrogen (secondary N) is 1. The van der Waals surface area contributed by atoms with Crippen LogP contribution < -0.4 is 5.32 Å². The van der Waals surface area contributed by atoms with Crippen molar-refractivity contribution in [2.75, 3.05) is 11.5 Å². The smallest absolute Gasteiger partial charge is 0.244 e. The maximum Gasteiger partial charge on any atom is 0.244 e. The van der Waals surface area contributed by atoms with Gasteiger partial charge in [-0.2, -0.15) is 0 Å². The first kappa shape index (κ1) is 18.7. The Labute approximate surface area is 165 Å². The molecule has 28 heavy (non-hydrogen) atoms. The van der Waals surface area contributed by atoms with E-state index >= 15 is 0 Å². The summed E-state index contributed by atoms with van der Waals surface area (Å²) in [5.74, 6) is -0.135. The third-order valence-corrected chi connectivity index (χ3v) is 7.37. The number of aromatic nitrogens is 1. The number of sulfone groups is 1. The summed E-state index contributed by atoms with van der Waals surface area (Å²) in [6, 6.07) is 14.5. The van der Waals surface area contributed by atoms with Crippen LogP contribution in [0.25, 0.3) is 27.9 Å². The molecular formula is C22H24N2O3S. The molecule has 1 fully saturated rings. The van der Waals surface area contributed by atoms with Crippen molar-refractivity contribution >= 4 is 43.6 Å². The molecule has 2 aromatic carbocycles. The average molecular weight is 397 g/mol. The number of rotatable bonds is 4. The number of benzene rings is 2. The molecule has 6 heteroatoms. The first-order valence-corrected chi connectivity index (χ1v) is 11.3. The highest BCUT2D eigenvalue weighted by molar-refractivity contribution is 7.91. The molecule has 0 aliphatic carbocycles. The van der Waals surface area contributed by atoms with Crippen molar-refractivity contribution in [2.24, 2.45) is 0 Å². The molecule has 0 bridgehead atoms. The molecule has 1 aromatic heterocycles. The predicted octanol–water partition coefficient (Wildman–Crippen LogP) is 3.52. The second-order valence-electron chi connectivity index (χ2n) is 7.76. The number of amides is 1. The van der Waals surface area contributed by atoms with Crippen molar-refractivity contribution in [3.8, 4) is 0 Å². The van der Waals surface area contributed by atoms with E-state index in [0.717, 1.165) is 17.5 Å². The molecule has 1 N–H and O–H groups in total. The standard InChI is InChI=1S/C22H24N2O3S/c1-3-24-19-7-5-4-6-17(19)18-14-16(8-10-20(18)24)9-11-21(25)23-22(2)12-13-28(26,27)15-22/h4-11,14H,3,12-13,15H2,1-2H3,(H,23,25)/b11-9-/t22-/m1/s1. The molecule has 0 radical (unpaired) electrons. The zero-order chi connectivity index (χ0) is 19.9. The Hall–Kier alpha value is -2.60. The molecule has 0 saturated carbocycles. The van der Waals surface area contributed by atoms with E-state index in [4.69, 9.17) is 0 Å². The molecule has 146 valence electrons. The summed E-state index contributed by atoms with van der Waals surface area (Å²) >= 11 is 0. The Balaban J connectivity index is 1.60. The van der Waals surface area contributed by atoms with Crippen LogP contribution >= 0.6 is 0 Å². The summed E-state index contributed by atoms with van der Waals surface area (Å²) in [4.78, 5) is 12.3. The fourth-order valence-corrected chi connectivity index (χ4v) is 6.23. The first-order chi connectivity index (χ1) is 13.3. The average Bonchev–Trinajstić information content (AvgIpc) is 3.12. The summed E-state index contributed by atoms with van der Waals surface area (Å²) in [7, 11) is -3.05. The fourth-order valence-electron chi connectivity index (χ4n) is 4.14. The first-order valence-electron chi connectivity index (χ1n) is 9.52. The number of nitrogens with zero attached hydrogens (tertiary/aromatic N) is 1. The van der Waals surface area contributed by atoms with E-state index in [-0.39, 0.29) is 17.4 Å². The molecule has 0 spiro atoms. The van der Waals surface area contributed by atoms with Gasteiger partial charge in [0.15, 0.2) is 9.84 Å². The predicted molar refractivity (Wildman–Crippen MR) is 114 cm³/mol. The lowest BCUT2D eigenvalue weighted by Gasteiger charge is -2.22. The molecule has 1 aliphatic heterocycles. The number of hydrogen-bond acceptors (Lipinski definition) is 3. The van der Waals surface area contributed by atoms with Crippen LogP contribution in [0.1, 0.15) is 25.8 Å². The van der Waals surface area contributed by atoms with E-state index < -0.39 is 15.4 Å². The minimum atomic E-state index is -3.05. The van der Waals surface area contributed by atoms with E-state index in [1.165, 1.54) is 22.5 Å².